The van der Waals surface area contributed by atoms with Crippen molar-refractivity contribution in [2.24, 2.45) is 0 Å². The fraction of sp³-hybridized carbons (Fsp3) is 0.400. The molecule has 2 rings (SSSR count). The molecule has 2 atom stereocenters. The van der Waals surface area contributed by atoms with Gasteiger partial charge in [0.2, 0.25) is 0 Å². The quantitative estimate of drug-likeness (QED) is 0.677. The highest BCUT2D eigenvalue weighted by molar-refractivity contribution is 5.35. The Bertz CT molecular complexity index is 283. The summed E-state index contributed by atoms with van der Waals surface area (Å²) in [5.74, 6) is 0. The average molecular weight is 164 g/mol. The van der Waals surface area contributed by atoms with Crippen LogP contribution >= 0.6 is 0 Å². The number of hydrogen-bond donors (Lipinski definition) is 1. The van der Waals surface area contributed by atoms with Crippen molar-refractivity contribution in [3.05, 3.63) is 35.4 Å². The van der Waals surface area contributed by atoms with Crippen molar-refractivity contribution in [2.75, 3.05) is 7.11 Å². The SMILES string of the molecule is CO[C@@H]1c2ccccc2C[C@@H]1O. The summed E-state index contributed by atoms with van der Waals surface area (Å²) < 4.78 is 5.20. The number of rotatable bonds is 1. The molecule has 1 N–H and O–H groups in total. The third-order valence-corrected chi connectivity index (χ3v) is 2.39. The van der Waals surface area contributed by atoms with Gasteiger partial charge in [-0.15, -0.1) is 0 Å². The van der Waals surface area contributed by atoms with Crippen LogP contribution in [-0.2, 0) is 11.2 Å². The van der Waals surface area contributed by atoms with E-state index in [0.29, 0.717) is 6.42 Å². The van der Waals surface area contributed by atoms with Gasteiger partial charge in [-0.1, -0.05) is 24.3 Å². The fourth-order valence-corrected chi connectivity index (χ4v) is 1.82. The lowest BCUT2D eigenvalue weighted by atomic mass is 10.1. The van der Waals surface area contributed by atoms with E-state index in [9.17, 15) is 5.11 Å². The predicted molar refractivity (Wildman–Crippen MR) is 45.9 cm³/mol. The van der Waals surface area contributed by atoms with Gasteiger partial charge >= 0.3 is 0 Å². The average Bonchev–Trinajstić information content (AvgIpc) is 2.40. The summed E-state index contributed by atoms with van der Waals surface area (Å²) >= 11 is 0. The van der Waals surface area contributed by atoms with Crippen molar-refractivity contribution in [1.29, 1.82) is 0 Å². The molecule has 0 radical (unpaired) electrons. The molecule has 2 heteroatoms. The topological polar surface area (TPSA) is 29.5 Å². The molecule has 12 heavy (non-hydrogen) atoms. The summed E-state index contributed by atoms with van der Waals surface area (Å²) in [6.07, 6.45) is 0.225. The number of hydrogen-bond acceptors (Lipinski definition) is 2. The van der Waals surface area contributed by atoms with Gasteiger partial charge in [0.15, 0.2) is 0 Å². The first-order valence-corrected chi connectivity index (χ1v) is 4.11. The molecule has 0 fully saturated rings. The highest BCUT2D eigenvalue weighted by atomic mass is 16.5. The molecule has 1 aromatic rings. The summed E-state index contributed by atoms with van der Waals surface area (Å²) in [6.45, 7) is 0. The van der Waals surface area contributed by atoms with Crippen LogP contribution in [0.15, 0.2) is 24.3 Å². The van der Waals surface area contributed by atoms with Crippen LogP contribution in [0.2, 0.25) is 0 Å². The van der Waals surface area contributed by atoms with Crippen molar-refractivity contribution in [1.82, 2.24) is 0 Å². The first-order valence-electron chi connectivity index (χ1n) is 4.11. The van der Waals surface area contributed by atoms with Gasteiger partial charge in [-0.3, -0.25) is 0 Å². The van der Waals surface area contributed by atoms with Gasteiger partial charge in [-0.05, 0) is 11.1 Å². The Labute approximate surface area is 71.8 Å². The molecular formula is C10H12O2. The van der Waals surface area contributed by atoms with Crippen LogP contribution in [0.1, 0.15) is 17.2 Å². The molecule has 64 valence electrons. The van der Waals surface area contributed by atoms with Crippen molar-refractivity contribution < 1.29 is 9.84 Å². The van der Waals surface area contributed by atoms with Gasteiger partial charge in [0.05, 0.1) is 6.10 Å². The van der Waals surface area contributed by atoms with E-state index >= 15 is 0 Å². The largest absolute Gasteiger partial charge is 0.390 e. The zero-order valence-corrected chi connectivity index (χ0v) is 7.03. The van der Waals surface area contributed by atoms with E-state index in [-0.39, 0.29) is 12.2 Å². The van der Waals surface area contributed by atoms with Gasteiger partial charge < -0.3 is 9.84 Å². The highest BCUT2D eigenvalue weighted by Crippen LogP contribution is 2.33. The fourth-order valence-electron chi connectivity index (χ4n) is 1.82. The van der Waals surface area contributed by atoms with Crippen molar-refractivity contribution in [2.45, 2.75) is 18.6 Å². The highest BCUT2D eigenvalue weighted by Gasteiger charge is 2.30. The minimum atomic E-state index is -0.368. The van der Waals surface area contributed by atoms with Crippen molar-refractivity contribution in [3.8, 4) is 0 Å². The number of methoxy groups -OCH3 is 1. The Hall–Kier alpha value is -0.860. The molecule has 0 bridgehead atoms. The van der Waals surface area contributed by atoms with Gasteiger partial charge in [0.1, 0.15) is 6.10 Å². The lowest BCUT2D eigenvalue weighted by Gasteiger charge is -2.12. The van der Waals surface area contributed by atoms with E-state index in [0.717, 1.165) is 5.56 Å². The molecule has 0 amide bonds. The maximum atomic E-state index is 9.59. The predicted octanol–water partition coefficient (Wildman–Crippen LogP) is 1.29. The van der Waals surface area contributed by atoms with Gasteiger partial charge in [0, 0.05) is 13.5 Å². The normalized spacial score (nSPS) is 27.2. The number of ether oxygens (including phenoxy) is 1. The van der Waals surface area contributed by atoms with E-state index in [4.69, 9.17) is 4.74 Å². The van der Waals surface area contributed by atoms with Crippen LogP contribution in [0.25, 0.3) is 0 Å². The van der Waals surface area contributed by atoms with E-state index in [2.05, 4.69) is 0 Å². The molecule has 0 unspecified atom stereocenters. The van der Waals surface area contributed by atoms with E-state index < -0.39 is 0 Å². The third-order valence-electron chi connectivity index (χ3n) is 2.39. The second-order valence-corrected chi connectivity index (χ2v) is 3.13. The van der Waals surface area contributed by atoms with Crippen LogP contribution in [0.5, 0.6) is 0 Å². The smallest absolute Gasteiger partial charge is 0.109 e. The number of aliphatic hydroxyl groups is 1. The number of benzene rings is 1. The minimum absolute atomic E-state index is 0.124. The Kier molecular flexibility index (Phi) is 1.87. The van der Waals surface area contributed by atoms with Crippen LogP contribution < -0.4 is 0 Å². The Morgan fingerprint density at radius 1 is 1.42 bits per heavy atom. The van der Waals surface area contributed by atoms with E-state index in [1.807, 2.05) is 24.3 Å². The molecule has 2 nitrogen and oxygen atoms in total. The van der Waals surface area contributed by atoms with Gasteiger partial charge in [-0.25, -0.2) is 0 Å². The Morgan fingerprint density at radius 3 is 2.92 bits per heavy atom. The molecule has 0 heterocycles. The third kappa shape index (κ3) is 1.04. The van der Waals surface area contributed by atoms with Crippen LogP contribution in [0, 0.1) is 0 Å². The van der Waals surface area contributed by atoms with E-state index in [1.165, 1.54) is 5.56 Å². The second-order valence-electron chi connectivity index (χ2n) is 3.13. The minimum Gasteiger partial charge on any atom is -0.390 e. The second kappa shape index (κ2) is 2.88. The maximum absolute atomic E-state index is 9.59. The van der Waals surface area contributed by atoms with Crippen LogP contribution in [0.3, 0.4) is 0 Å². The summed E-state index contributed by atoms with van der Waals surface area (Å²) in [5.41, 5.74) is 2.34. The monoisotopic (exact) mass is 164 g/mol. The lowest BCUT2D eigenvalue weighted by Crippen LogP contribution is -2.14. The molecule has 1 aromatic carbocycles. The zero-order chi connectivity index (χ0) is 8.55. The van der Waals surface area contributed by atoms with Gasteiger partial charge in [-0.2, -0.15) is 0 Å². The molecule has 0 spiro atoms. The summed E-state index contributed by atoms with van der Waals surface area (Å²) in [4.78, 5) is 0. The summed E-state index contributed by atoms with van der Waals surface area (Å²) in [5, 5.41) is 9.59. The molecule has 1 aliphatic rings. The first-order chi connectivity index (χ1) is 5.83. The number of fused-ring (bicyclic) bond motifs is 1. The van der Waals surface area contributed by atoms with Gasteiger partial charge in [0.25, 0.3) is 0 Å². The first kappa shape index (κ1) is 7.77. The summed E-state index contributed by atoms with van der Waals surface area (Å²) in [7, 11) is 1.63. The van der Waals surface area contributed by atoms with Crippen LogP contribution in [-0.4, -0.2) is 18.3 Å². The molecule has 1 aliphatic carbocycles. The number of aliphatic hydroxyl groups excluding tert-OH is 1. The molecule has 0 aliphatic heterocycles. The zero-order valence-electron chi connectivity index (χ0n) is 7.03. The maximum Gasteiger partial charge on any atom is 0.109 e. The molecule has 0 saturated carbocycles. The standard InChI is InChI=1S/C10H12O2/c1-12-10-8-5-3-2-4-7(8)6-9(10)11/h2-5,9-11H,6H2,1H3/t9-,10+/m0/s1. The molecular weight excluding hydrogens is 152 g/mol. The Balaban J connectivity index is 2.40. The van der Waals surface area contributed by atoms with Crippen molar-refractivity contribution in [3.63, 3.8) is 0 Å². The summed E-state index contributed by atoms with van der Waals surface area (Å²) in [6, 6.07) is 8.02. The van der Waals surface area contributed by atoms with E-state index in [1.54, 1.807) is 7.11 Å². The molecule has 0 aromatic heterocycles. The lowest BCUT2D eigenvalue weighted by molar-refractivity contribution is -0.000807. The Morgan fingerprint density at radius 2 is 2.17 bits per heavy atom. The van der Waals surface area contributed by atoms with Crippen molar-refractivity contribution >= 4 is 0 Å². The van der Waals surface area contributed by atoms with Crippen LogP contribution in [0.4, 0.5) is 0 Å². The molecule has 0 saturated heterocycles.